The van der Waals surface area contributed by atoms with Gasteiger partial charge in [-0.2, -0.15) is 0 Å². The molecule has 1 aromatic heterocycles. The molecule has 1 fully saturated rings. The molecule has 0 spiro atoms. The highest BCUT2D eigenvalue weighted by Gasteiger charge is 2.20. The zero-order chi connectivity index (χ0) is 13.9. The number of benzene rings is 1. The van der Waals surface area contributed by atoms with Crippen molar-refractivity contribution in [2.45, 2.75) is 32.0 Å². The van der Waals surface area contributed by atoms with Gasteiger partial charge in [0.05, 0.1) is 12.8 Å². The Hall–Kier alpha value is -1.81. The predicted octanol–water partition coefficient (Wildman–Crippen LogP) is 3.31. The number of hydrogen-bond acceptors (Lipinski definition) is 3. The monoisotopic (exact) mass is 274 g/mol. The molecule has 1 aliphatic rings. The minimum absolute atomic E-state index is 0.214. The summed E-state index contributed by atoms with van der Waals surface area (Å²) in [6.45, 7) is 1.55. The molecular formula is C16H19FN2O. The Labute approximate surface area is 118 Å². The van der Waals surface area contributed by atoms with E-state index in [4.69, 9.17) is 4.42 Å². The minimum Gasteiger partial charge on any atom is -0.467 e. The predicted molar refractivity (Wildman–Crippen MR) is 77.1 cm³/mol. The van der Waals surface area contributed by atoms with Crippen molar-refractivity contribution < 1.29 is 8.81 Å². The highest BCUT2D eigenvalue weighted by Crippen LogP contribution is 2.20. The molecule has 4 heteroatoms. The van der Waals surface area contributed by atoms with Gasteiger partial charge in [0, 0.05) is 30.9 Å². The van der Waals surface area contributed by atoms with E-state index in [2.05, 4.69) is 11.4 Å². The van der Waals surface area contributed by atoms with Crippen molar-refractivity contribution in [2.75, 3.05) is 11.9 Å². The summed E-state index contributed by atoms with van der Waals surface area (Å²) in [7, 11) is 1.97. The summed E-state index contributed by atoms with van der Waals surface area (Å²) < 4.78 is 18.5. The quantitative estimate of drug-likeness (QED) is 0.876. The van der Waals surface area contributed by atoms with Crippen molar-refractivity contribution in [1.82, 2.24) is 5.32 Å². The number of nitrogens with one attached hydrogen (secondary N) is 1. The molecule has 0 atom stereocenters. The largest absolute Gasteiger partial charge is 0.467 e. The van der Waals surface area contributed by atoms with Crippen LogP contribution in [0.3, 0.4) is 0 Å². The maximum Gasteiger partial charge on any atom is 0.123 e. The fourth-order valence-electron chi connectivity index (χ4n) is 2.17. The molecule has 1 saturated carbocycles. The molecule has 0 saturated heterocycles. The highest BCUT2D eigenvalue weighted by atomic mass is 19.1. The molecule has 3 rings (SSSR count). The summed E-state index contributed by atoms with van der Waals surface area (Å²) in [5.41, 5.74) is 2.15. The Kier molecular flexibility index (Phi) is 3.74. The van der Waals surface area contributed by atoms with Gasteiger partial charge in [-0.25, -0.2) is 4.39 Å². The first-order chi connectivity index (χ1) is 9.70. The molecule has 20 heavy (non-hydrogen) atoms. The molecule has 106 valence electrons. The smallest absolute Gasteiger partial charge is 0.123 e. The molecule has 2 aromatic rings. The fraction of sp³-hybridized carbons (Fsp3) is 0.375. The van der Waals surface area contributed by atoms with Gasteiger partial charge < -0.3 is 14.6 Å². The SMILES string of the molecule is CN(Cc1cc(CNC2CC2)co1)c1ccc(F)cc1. The zero-order valence-electron chi connectivity index (χ0n) is 11.6. The van der Waals surface area contributed by atoms with E-state index in [-0.39, 0.29) is 5.82 Å². The number of hydrogen-bond donors (Lipinski definition) is 1. The van der Waals surface area contributed by atoms with Gasteiger partial charge >= 0.3 is 0 Å². The normalized spacial score (nSPS) is 14.5. The Balaban J connectivity index is 1.57. The second kappa shape index (κ2) is 5.67. The Morgan fingerprint density at radius 3 is 2.75 bits per heavy atom. The standard InChI is InChI=1S/C16H19FN2O/c1-19(15-6-2-13(17)3-7-15)10-16-8-12(11-20-16)9-18-14-4-5-14/h2-3,6-8,11,14,18H,4-5,9-10H2,1H3. The molecular weight excluding hydrogens is 255 g/mol. The summed E-state index contributed by atoms with van der Waals surface area (Å²) in [5.74, 6) is 0.706. The molecule has 1 heterocycles. The van der Waals surface area contributed by atoms with E-state index in [1.165, 1.54) is 30.5 Å². The zero-order valence-corrected chi connectivity index (χ0v) is 11.6. The second-order valence-corrected chi connectivity index (χ2v) is 5.41. The second-order valence-electron chi connectivity index (χ2n) is 5.41. The minimum atomic E-state index is -0.214. The van der Waals surface area contributed by atoms with Crippen molar-refractivity contribution in [2.24, 2.45) is 0 Å². The number of rotatable bonds is 6. The van der Waals surface area contributed by atoms with Crippen molar-refractivity contribution in [3.05, 3.63) is 53.7 Å². The third kappa shape index (κ3) is 3.39. The van der Waals surface area contributed by atoms with Gasteiger partial charge in [-0.05, 0) is 43.2 Å². The third-order valence-corrected chi connectivity index (χ3v) is 3.54. The van der Waals surface area contributed by atoms with Crippen LogP contribution in [0.1, 0.15) is 24.2 Å². The van der Waals surface area contributed by atoms with E-state index in [0.717, 1.165) is 18.0 Å². The molecule has 0 unspecified atom stereocenters. The van der Waals surface area contributed by atoms with Gasteiger partial charge in [0.1, 0.15) is 11.6 Å². The first kappa shape index (κ1) is 13.2. The molecule has 3 nitrogen and oxygen atoms in total. The van der Waals surface area contributed by atoms with Crippen LogP contribution in [0.15, 0.2) is 41.0 Å². The molecule has 1 N–H and O–H groups in total. The summed E-state index contributed by atoms with van der Waals surface area (Å²) in [5, 5.41) is 3.46. The van der Waals surface area contributed by atoms with Crippen LogP contribution in [-0.2, 0) is 13.1 Å². The van der Waals surface area contributed by atoms with E-state index < -0.39 is 0 Å². The lowest BCUT2D eigenvalue weighted by Gasteiger charge is -2.17. The van der Waals surface area contributed by atoms with Crippen LogP contribution in [-0.4, -0.2) is 13.1 Å². The molecule has 0 radical (unpaired) electrons. The average Bonchev–Trinajstić information content (AvgIpc) is 3.17. The highest BCUT2D eigenvalue weighted by molar-refractivity contribution is 5.45. The summed E-state index contributed by atoms with van der Waals surface area (Å²) in [6.07, 6.45) is 4.39. The van der Waals surface area contributed by atoms with Crippen molar-refractivity contribution >= 4 is 5.69 Å². The van der Waals surface area contributed by atoms with Gasteiger partial charge in [-0.15, -0.1) is 0 Å². The van der Waals surface area contributed by atoms with Crippen LogP contribution < -0.4 is 10.2 Å². The molecule has 0 amide bonds. The van der Waals surface area contributed by atoms with Crippen LogP contribution in [0.2, 0.25) is 0 Å². The van der Waals surface area contributed by atoms with Crippen LogP contribution in [0.25, 0.3) is 0 Å². The van der Waals surface area contributed by atoms with E-state index in [1.807, 2.05) is 18.2 Å². The Bertz CT molecular complexity index is 560. The van der Waals surface area contributed by atoms with Crippen LogP contribution in [0.5, 0.6) is 0 Å². The van der Waals surface area contributed by atoms with E-state index in [9.17, 15) is 4.39 Å². The number of furan rings is 1. The molecule has 1 aliphatic carbocycles. The maximum absolute atomic E-state index is 12.9. The lowest BCUT2D eigenvalue weighted by Crippen LogP contribution is -2.16. The number of nitrogens with zero attached hydrogens (tertiary/aromatic N) is 1. The van der Waals surface area contributed by atoms with E-state index in [0.29, 0.717) is 12.6 Å². The maximum atomic E-state index is 12.9. The lowest BCUT2D eigenvalue weighted by atomic mass is 10.2. The third-order valence-electron chi connectivity index (χ3n) is 3.54. The van der Waals surface area contributed by atoms with Gasteiger partial charge in [-0.3, -0.25) is 0 Å². The Morgan fingerprint density at radius 2 is 2.05 bits per heavy atom. The van der Waals surface area contributed by atoms with Gasteiger partial charge in [0.15, 0.2) is 0 Å². The first-order valence-corrected chi connectivity index (χ1v) is 6.97. The summed E-state index contributed by atoms with van der Waals surface area (Å²) in [6, 6.07) is 9.27. The van der Waals surface area contributed by atoms with E-state index >= 15 is 0 Å². The summed E-state index contributed by atoms with van der Waals surface area (Å²) >= 11 is 0. The van der Waals surface area contributed by atoms with E-state index in [1.54, 1.807) is 12.1 Å². The van der Waals surface area contributed by atoms with Crippen molar-refractivity contribution in [1.29, 1.82) is 0 Å². The van der Waals surface area contributed by atoms with Gasteiger partial charge in [-0.1, -0.05) is 0 Å². The molecule has 1 aromatic carbocycles. The average molecular weight is 274 g/mol. The number of halogens is 1. The Morgan fingerprint density at radius 1 is 1.30 bits per heavy atom. The van der Waals surface area contributed by atoms with Crippen LogP contribution in [0.4, 0.5) is 10.1 Å². The van der Waals surface area contributed by atoms with Gasteiger partial charge in [0.2, 0.25) is 0 Å². The lowest BCUT2D eigenvalue weighted by molar-refractivity contribution is 0.504. The fourth-order valence-corrected chi connectivity index (χ4v) is 2.17. The first-order valence-electron chi connectivity index (χ1n) is 6.97. The van der Waals surface area contributed by atoms with Gasteiger partial charge in [0.25, 0.3) is 0 Å². The van der Waals surface area contributed by atoms with Crippen LogP contribution >= 0.6 is 0 Å². The topological polar surface area (TPSA) is 28.4 Å². The van der Waals surface area contributed by atoms with Crippen LogP contribution in [0, 0.1) is 5.82 Å². The van der Waals surface area contributed by atoms with Crippen molar-refractivity contribution in [3.8, 4) is 0 Å². The van der Waals surface area contributed by atoms with Crippen molar-refractivity contribution in [3.63, 3.8) is 0 Å². The summed E-state index contributed by atoms with van der Waals surface area (Å²) in [4.78, 5) is 2.04. The molecule has 0 aliphatic heterocycles. The number of anilines is 1. The molecule has 0 bridgehead atoms.